The second-order valence-corrected chi connectivity index (χ2v) is 9.39. The summed E-state index contributed by atoms with van der Waals surface area (Å²) in [6, 6.07) is 12.7. The van der Waals surface area contributed by atoms with Gasteiger partial charge in [-0.15, -0.1) is 0 Å². The SMILES string of the molecule is CC(C)(C)OC(=O)Nc1c(Br)cccc1C(=O)C[C@H]1C(=O)OCN1C(=O)OCc1ccccc1. The van der Waals surface area contributed by atoms with Gasteiger partial charge in [0.25, 0.3) is 0 Å². The van der Waals surface area contributed by atoms with Crippen LogP contribution in [-0.2, 0) is 25.6 Å². The molecule has 180 valence electrons. The molecule has 1 atom stereocenters. The second kappa shape index (κ2) is 10.7. The summed E-state index contributed by atoms with van der Waals surface area (Å²) < 4.78 is 16.0. The van der Waals surface area contributed by atoms with Crippen LogP contribution in [-0.4, -0.2) is 47.2 Å². The average molecular weight is 533 g/mol. The molecule has 34 heavy (non-hydrogen) atoms. The van der Waals surface area contributed by atoms with Gasteiger partial charge in [0.05, 0.1) is 5.69 Å². The van der Waals surface area contributed by atoms with Crippen LogP contribution < -0.4 is 5.32 Å². The van der Waals surface area contributed by atoms with Gasteiger partial charge in [0, 0.05) is 16.5 Å². The second-order valence-electron chi connectivity index (χ2n) is 8.53. The molecule has 0 spiro atoms. The van der Waals surface area contributed by atoms with Gasteiger partial charge in [-0.3, -0.25) is 15.0 Å². The lowest BCUT2D eigenvalue weighted by atomic mass is 10.0. The monoisotopic (exact) mass is 532 g/mol. The Kier molecular flexibility index (Phi) is 7.93. The number of benzene rings is 2. The van der Waals surface area contributed by atoms with E-state index >= 15 is 0 Å². The Labute approximate surface area is 205 Å². The summed E-state index contributed by atoms with van der Waals surface area (Å²) in [5.41, 5.74) is 0.398. The van der Waals surface area contributed by atoms with Gasteiger partial charge in [0.1, 0.15) is 18.2 Å². The maximum absolute atomic E-state index is 13.1. The predicted molar refractivity (Wildman–Crippen MR) is 126 cm³/mol. The first kappa shape index (κ1) is 25.2. The Hall–Kier alpha value is -3.40. The Morgan fingerprint density at radius 3 is 2.50 bits per heavy atom. The van der Waals surface area contributed by atoms with Gasteiger partial charge in [-0.1, -0.05) is 36.4 Å². The first-order valence-electron chi connectivity index (χ1n) is 10.5. The maximum Gasteiger partial charge on any atom is 0.413 e. The molecule has 0 aliphatic carbocycles. The molecule has 0 aromatic heterocycles. The number of ether oxygens (including phenoxy) is 3. The molecule has 1 heterocycles. The Bertz CT molecular complexity index is 1080. The molecule has 2 aromatic rings. The molecular weight excluding hydrogens is 508 g/mol. The highest BCUT2D eigenvalue weighted by Crippen LogP contribution is 2.29. The number of anilines is 1. The van der Waals surface area contributed by atoms with Gasteiger partial charge in [-0.2, -0.15) is 0 Å². The van der Waals surface area contributed by atoms with Crippen LogP contribution in [0, 0.1) is 0 Å². The third-order valence-corrected chi connectivity index (χ3v) is 5.41. The number of Topliss-reactive ketones (excluding diaryl/α,β-unsaturated/α-hetero) is 1. The summed E-state index contributed by atoms with van der Waals surface area (Å²) in [4.78, 5) is 51.3. The molecule has 9 nitrogen and oxygen atoms in total. The molecule has 10 heteroatoms. The van der Waals surface area contributed by atoms with Gasteiger partial charge >= 0.3 is 18.2 Å². The predicted octanol–water partition coefficient (Wildman–Crippen LogP) is 4.89. The number of hydrogen-bond donors (Lipinski definition) is 1. The minimum atomic E-state index is -1.15. The number of cyclic esters (lactones) is 1. The Balaban J connectivity index is 1.72. The molecule has 1 aliphatic heterocycles. The van der Waals surface area contributed by atoms with Crippen molar-refractivity contribution >= 4 is 45.6 Å². The lowest BCUT2D eigenvalue weighted by molar-refractivity contribution is -0.139. The Morgan fingerprint density at radius 2 is 1.82 bits per heavy atom. The Morgan fingerprint density at radius 1 is 1.12 bits per heavy atom. The molecular formula is C24H25BrN2O7. The highest BCUT2D eigenvalue weighted by Gasteiger charge is 2.40. The van der Waals surface area contributed by atoms with Gasteiger partial charge in [-0.05, 0) is 54.4 Å². The smallest absolute Gasteiger partial charge is 0.413 e. The molecule has 0 unspecified atom stereocenters. The van der Waals surface area contributed by atoms with Gasteiger partial charge in [0.15, 0.2) is 12.5 Å². The number of ketones is 1. The van der Waals surface area contributed by atoms with E-state index in [2.05, 4.69) is 21.2 Å². The molecule has 1 aliphatic rings. The van der Waals surface area contributed by atoms with Crippen molar-refractivity contribution in [1.82, 2.24) is 4.90 Å². The number of carbonyl (C=O) groups is 4. The van der Waals surface area contributed by atoms with E-state index in [1.54, 1.807) is 45.0 Å². The van der Waals surface area contributed by atoms with Crippen molar-refractivity contribution in [2.45, 2.75) is 45.4 Å². The van der Waals surface area contributed by atoms with E-state index < -0.39 is 35.6 Å². The lowest BCUT2D eigenvalue weighted by Gasteiger charge is -2.22. The number of rotatable bonds is 6. The van der Waals surface area contributed by atoms with Crippen LogP contribution in [0.5, 0.6) is 0 Å². The first-order valence-corrected chi connectivity index (χ1v) is 11.3. The maximum atomic E-state index is 13.1. The normalized spacial score (nSPS) is 15.5. The van der Waals surface area contributed by atoms with Crippen LogP contribution in [0.15, 0.2) is 53.0 Å². The highest BCUT2D eigenvalue weighted by molar-refractivity contribution is 9.10. The first-order chi connectivity index (χ1) is 16.0. The lowest BCUT2D eigenvalue weighted by Crippen LogP contribution is -2.40. The fraction of sp³-hybridized carbons (Fsp3) is 0.333. The van der Waals surface area contributed by atoms with E-state index in [9.17, 15) is 19.2 Å². The van der Waals surface area contributed by atoms with Crippen molar-refractivity contribution in [2.75, 3.05) is 12.0 Å². The number of nitrogens with one attached hydrogen (secondary N) is 1. The molecule has 3 rings (SSSR count). The van der Waals surface area contributed by atoms with Gasteiger partial charge < -0.3 is 14.2 Å². The van der Waals surface area contributed by atoms with Crippen LogP contribution in [0.1, 0.15) is 43.1 Å². The summed E-state index contributed by atoms with van der Waals surface area (Å²) >= 11 is 3.33. The van der Waals surface area contributed by atoms with E-state index in [0.29, 0.717) is 4.47 Å². The summed E-state index contributed by atoms with van der Waals surface area (Å²) in [6.07, 6.45) is -1.85. The molecule has 0 bridgehead atoms. The molecule has 1 fully saturated rings. The van der Waals surface area contributed by atoms with E-state index in [-0.39, 0.29) is 31.0 Å². The summed E-state index contributed by atoms with van der Waals surface area (Å²) in [5, 5.41) is 2.57. The van der Waals surface area contributed by atoms with Crippen LogP contribution in [0.25, 0.3) is 0 Å². The largest absolute Gasteiger partial charge is 0.444 e. The summed E-state index contributed by atoms with van der Waals surface area (Å²) in [5.74, 6) is -1.18. The zero-order valence-corrected chi connectivity index (χ0v) is 20.6. The van der Waals surface area contributed by atoms with Crippen molar-refractivity contribution in [3.05, 3.63) is 64.1 Å². The minimum Gasteiger partial charge on any atom is -0.444 e. The number of esters is 1. The number of para-hydroxylation sites is 1. The molecule has 2 aromatic carbocycles. The molecule has 1 saturated heterocycles. The quantitative estimate of drug-likeness (QED) is 0.320. The number of nitrogens with zero attached hydrogens (tertiary/aromatic N) is 1. The zero-order valence-electron chi connectivity index (χ0n) is 19.0. The average Bonchev–Trinajstić information content (AvgIpc) is 3.13. The van der Waals surface area contributed by atoms with E-state index in [1.807, 2.05) is 18.2 Å². The third kappa shape index (κ3) is 6.57. The number of carbonyl (C=O) groups excluding carboxylic acids is 4. The number of hydrogen-bond acceptors (Lipinski definition) is 7. The topological polar surface area (TPSA) is 111 Å². The van der Waals surface area contributed by atoms with Gasteiger partial charge in [-0.25, -0.2) is 14.4 Å². The molecule has 1 N–H and O–H groups in total. The fourth-order valence-electron chi connectivity index (χ4n) is 3.20. The third-order valence-electron chi connectivity index (χ3n) is 4.75. The standard InChI is InChI=1S/C24H25BrN2O7/c1-24(2,3)34-22(30)26-20-16(10-7-11-17(20)25)19(28)12-18-21(29)33-14-27(18)23(31)32-13-15-8-5-4-6-9-15/h4-11,18H,12-14H2,1-3H3,(H,26,30)/t18-/m0/s1. The highest BCUT2D eigenvalue weighted by atomic mass is 79.9. The zero-order chi connectivity index (χ0) is 24.9. The van der Waals surface area contributed by atoms with Crippen LogP contribution >= 0.6 is 15.9 Å². The number of amides is 2. The fourth-order valence-corrected chi connectivity index (χ4v) is 3.66. The summed E-state index contributed by atoms with van der Waals surface area (Å²) in [7, 11) is 0. The van der Waals surface area contributed by atoms with Crippen molar-refractivity contribution in [3.8, 4) is 0 Å². The van der Waals surface area contributed by atoms with Crippen molar-refractivity contribution in [3.63, 3.8) is 0 Å². The van der Waals surface area contributed by atoms with E-state index in [0.717, 1.165) is 10.5 Å². The molecule has 0 saturated carbocycles. The van der Waals surface area contributed by atoms with Crippen LogP contribution in [0.4, 0.5) is 15.3 Å². The van der Waals surface area contributed by atoms with Crippen LogP contribution in [0.2, 0.25) is 0 Å². The molecule has 2 amide bonds. The van der Waals surface area contributed by atoms with Crippen molar-refractivity contribution in [2.24, 2.45) is 0 Å². The number of halogens is 1. The van der Waals surface area contributed by atoms with E-state index in [1.165, 1.54) is 6.07 Å². The minimum absolute atomic E-state index is 0.0145. The van der Waals surface area contributed by atoms with Crippen molar-refractivity contribution < 1.29 is 33.4 Å². The van der Waals surface area contributed by atoms with Crippen LogP contribution in [0.3, 0.4) is 0 Å². The van der Waals surface area contributed by atoms with Crippen molar-refractivity contribution in [1.29, 1.82) is 0 Å². The molecule has 0 radical (unpaired) electrons. The summed E-state index contributed by atoms with van der Waals surface area (Å²) in [6.45, 7) is 4.86. The van der Waals surface area contributed by atoms with E-state index in [4.69, 9.17) is 14.2 Å². The van der Waals surface area contributed by atoms with Gasteiger partial charge in [0.2, 0.25) is 0 Å².